The molecule has 0 saturated carbocycles. The topological polar surface area (TPSA) is 44.5 Å². The predicted octanol–water partition coefficient (Wildman–Crippen LogP) is 4.30. The second-order valence-corrected chi connectivity index (χ2v) is 4.92. The highest BCUT2D eigenvalue weighted by Crippen LogP contribution is 2.29. The molecule has 2 rings (SSSR count). The number of nitrogen functional groups attached to an aromatic ring is 1. The fraction of sp³-hybridized carbons (Fsp3) is 0.250. The first kappa shape index (κ1) is 14.2. The van der Waals surface area contributed by atoms with Crippen molar-refractivity contribution >= 4 is 5.69 Å². The standard InChI is InChI=1S/C16H18FNO2/c1-10(2)19-14-6-12(18)7-15(8-14)20-13-5-4-11(3)16(17)9-13/h4-10H,18H2,1-3H3. The van der Waals surface area contributed by atoms with Crippen molar-refractivity contribution < 1.29 is 13.9 Å². The van der Waals surface area contributed by atoms with Crippen molar-refractivity contribution in [2.45, 2.75) is 26.9 Å². The number of nitrogens with two attached hydrogens (primary N) is 1. The zero-order chi connectivity index (χ0) is 14.7. The molecule has 0 amide bonds. The average Bonchev–Trinajstić information content (AvgIpc) is 2.32. The van der Waals surface area contributed by atoms with Gasteiger partial charge >= 0.3 is 0 Å². The molecular formula is C16H18FNO2. The Hall–Kier alpha value is -2.23. The summed E-state index contributed by atoms with van der Waals surface area (Å²) in [6, 6.07) is 9.86. The summed E-state index contributed by atoms with van der Waals surface area (Å²) in [6.07, 6.45) is 0.0430. The Morgan fingerprint density at radius 1 is 1.00 bits per heavy atom. The van der Waals surface area contributed by atoms with E-state index >= 15 is 0 Å². The number of anilines is 1. The lowest BCUT2D eigenvalue weighted by atomic mass is 10.2. The summed E-state index contributed by atoms with van der Waals surface area (Å²) in [5.41, 5.74) is 6.92. The molecule has 2 aromatic carbocycles. The number of hydrogen-bond donors (Lipinski definition) is 1. The molecule has 0 aliphatic heterocycles. The molecule has 0 aliphatic carbocycles. The summed E-state index contributed by atoms with van der Waals surface area (Å²) >= 11 is 0. The molecule has 0 bridgehead atoms. The average molecular weight is 275 g/mol. The number of hydrogen-bond acceptors (Lipinski definition) is 3. The smallest absolute Gasteiger partial charge is 0.133 e. The molecule has 0 aliphatic rings. The van der Waals surface area contributed by atoms with E-state index in [1.54, 1.807) is 37.3 Å². The van der Waals surface area contributed by atoms with Gasteiger partial charge in [0.1, 0.15) is 23.1 Å². The molecule has 2 N–H and O–H groups in total. The van der Waals surface area contributed by atoms with Gasteiger partial charge in [0, 0.05) is 30.0 Å². The van der Waals surface area contributed by atoms with Crippen LogP contribution < -0.4 is 15.2 Å². The van der Waals surface area contributed by atoms with Crippen LogP contribution in [0.1, 0.15) is 19.4 Å². The van der Waals surface area contributed by atoms with Crippen molar-refractivity contribution in [2.24, 2.45) is 0 Å². The van der Waals surface area contributed by atoms with Crippen LogP contribution >= 0.6 is 0 Å². The van der Waals surface area contributed by atoms with Crippen molar-refractivity contribution in [2.75, 3.05) is 5.73 Å². The fourth-order valence-corrected chi connectivity index (χ4v) is 1.77. The predicted molar refractivity (Wildman–Crippen MR) is 77.8 cm³/mol. The van der Waals surface area contributed by atoms with Gasteiger partial charge in [0.15, 0.2) is 0 Å². The van der Waals surface area contributed by atoms with Crippen LogP contribution in [-0.2, 0) is 0 Å². The maximum absolute atomic E-state index is 13.5. The third kappa shape index (κ3) is 3.63. The van der Waals surface area contributed by atoms with Crippen molar-refractivity contribution in [3.63, 3.8) is 0 Å². The van der Waals surface area contributed by atoms with Crippen molar-refractivity contribution in [1.82, 2.24) is 0 Å². The van der Waals surface area contributed by atoms with E-state index in [-0.39, 0.29) is 11.9 Å². The lowest BCUT2D eigenvalue weighted by Crippen LogP contribution is -2.05. The quantitative estimate of drug-likeness (QED) is 0.846. The Morgan fingerprint density at radius 3 is 2.35 bits per heavy atom. The maximum Gasteiger partial charge on any atom is 0.133 e. The maximum atomic E-state index is 13.5. The van der Waals surface area contributed by atoms with Gasteiger partial charge in [-0.2, -0.15) is 0 Å². The molecule has 0 unspecified atom stereocenters. The van der Waals surface area contributed by atoms with Crippen LogP contribution in [0.4, 0.5) is 10.1 Å². The van der Waals surface area contributed by atoms with Gasteiger partial charge in [0.25, 0.3) is 0 Å². The minimum atomic E-state index is -0.301. The molecule has 0 fully saturated rings. The third-order valence-electron chi connectivity index (χ3n) is 2.65. The minimum Gasteiger partial charge on any atom is -0.491 e. The molecule has 20 heavy (non-hydrogen) atoms. The van der Waals surface area contributed by atoms with Crippen LogP contribution in [0.25, 0.3) is 0 Å². The lowest BCUT2D eigenvalue weighted by molar-refractivity contribution is 0.242. The van der Waals surface area contributed by atoms with E-state index in [1.807, 2.05) is 13.8 Å². The summed E-state index contributed by atoms with van der Waals surface area (Å²) in [5.74, 6) is 1.27. The summed E-state index contributed by atoms with van der Waals surface area (Å²) in [4.78, 5) is 0. The number of ether oxygens (including phenoxy) is 2. The second kappa shape index (κ2) is 5.82. The summed E-state index contributed by atoms with van der Waals surface area (Å²) in [6.45, 7) is 5.56. The molecular weight excluding hydrogens is 257 g/mol. The van der Waals surface area contributed by atoms with Crippen LogP contribution in [0, 0.1) is 12.7 Å². The van der Waals surface area contributed by atoms with Gasteiger partial charge in [-0.3, -0.25) is 0 Å². The Bertz CT molecular complexity index is 611. The first-order valence-corrected chi connectivity index (χ1v) is 6.45. The third-order valence-corrected chi connectivity index (χ3v) is 2.65. The summed E-state index contributed by atoms with van der Waals surface area (Å²) in [7, 11) is 0. The fourth-order valence-electron chi connectivity index (χ4n) is 1.77. The highest BCUT2D eigenvalue weighted by molar-refractivity contribution is 5.51. The first-order valence-electron chi connectivity index (χ1n) is 6.45. The van der Waals surface area contributed by atoms with E-state index in [0.717, 1.165) is 0 Å². The van der Waals surface area contributed by atoms with Gasteiger partial charge in [-0.15, -0.1) is 0 Å². The molecule has 4 heteroatoms. The van der Waals surface area contributed by atoms with Gasteiger partial charge in [-0.1, -0.05) is 6.07 Å². The number of rotatable bonds is 4. The molecule has 0 atom stereocenters. The largest absolute Gasteiger partial charge is 0.491 e. The second-order valence-electron chi connectivity index (χ2n) is 4.92. The molecule has 106 valence electrons. The Morgan fingerprint density at radius 2 is 1.70 bits per heavy atom. The number of benzene rings is 2. The van der Waals surface area contributed by atoms with E-state index in [9.17, 15) is 4.39 Å². The minimum absolute atomic E-state index is 0.0430. The highest BCUT2D eigenvalue weighted by atomic mass is 19.1. The molecule has 0 radical (unpaired) electrons. The van der Waals surface area contributed by atoms with E-state index in [4.69, 9.17) is 15.2 Å². The molecule has 0 aromatic heterocycles. The van der Waals surface area contributed by atoms with Gasteiger partial charge in [0.05, 0.1) is 6.10 Å². The van der Waals surface area contributed by atoms with Crippen molar-refractivity contribution in [3.8, 4) is 17.2 Å². The Balaban J connectivity index is 2.24. The van der Waals surface area contributed by atoms with Crippen molar-refractivity contribution in [3.05, 3.63) is 47.8 Å². The SMILES string of the molecule is Cc1ccc(Oc2cc(N)cc(OC(C)C)c2)cc1F. The van der Waals surface area contributed by atoms with Crippen LogP contribution in [0.15, 0.2) is 36.4 Å². The zero-order valence-corrected chi connectivity index (χ0v) is 11.8. The van der Waals surface area contributed by atoms with Gasteiger partial charge in [-0.25, -0.2) is 4.39 Å². The van der Waals surface area contributed by atoms with Crippen LogP contribution in [-0.4, -0.2) is 6.10 Å². The molecule has 0 heterocycles. The van der Waals surface area contributed by atoms with Crippen LogP contribution in [0.2, 0.25) is 0 Å². The Kier molecular flexibility index (Phi) is 4.13. The van der Waals surface area contributed by atoms with E-state index < -0.39 is 0 Å². The number of aryl methyl sites for hydroxylation is 1. The monoisotopic (exact) mass is 275 g/mol. The zero-order valence-electron chi connectivity index (χ0n) is 11.8. The molecule has 2 aromatic rings. The van der Waals surface area contributed by atoms with Crippen LogP contribution in [0.5, 0.6) is 17.2 Å². The molecule has 0 saturated heterocycles. The van der Waals surface area contributed by atoms with Gasteiger partial charge in [0.2, 0.25) is 0 Å². The molecule has 0 spiro atoms. The highest BCUT2D eigenvalue weighted by Gasteiger charge is 2.06. The van der Waals surface area contributed by atoms with Crippen LogP contribution in [0.3, 0.4) is 0 Å². The van der Waals surface area contributed by atoms with E-state index in [2.05, 4.69) is 0 Å². The van der Waals surface area contributed by atoms with Crippen molar-refractivity contribution in [1.29, 1.82) is 0 Å². The van der Waals surface area contributed by atoms with Gasteiger partial charge < -0.3 is 15.2 Å². The molecule has 3 nitrogen and oxygen atoms in total. The van der Waals surface area contributed by atoms with Gasteiger partial charge in [-0.05, 0) is 32.4 Å². The number of halogens is 1. The first-order chi connectivity index (χ1) is 9.44. The lowest BCUT2D eigenvalue weighted by Gasteiger charge is -2.13. The Labute approximate surface area is 118 Å². The summed E-state index contributed by atoms with van der Waals surface area (Å²) in [5, 5.41) is 0. The summed E-state index contributed by atoms with van der Waals surface area (Å²) < 4.78 is 24.7. The van der Waals surface area contributed by atoms with E-state index in [0.29, 0.717) is 28.5 Å². The normalized spacial score (nSPS) is 10.7. The van der Waals surface area contributed by atoms with E-state index in [1.165, 1.54) is 6.07 Å².